The van der Waals surface area contributed by atoms with Gasteiger partial charge in [0.25, 0.3) is 0 Å². The molecule has 2 aliphatic rings. The first-order valence-corrected chi connectivity index (χ1v) is 8.19. The second-order valence-electron chi connectivity index (χ2n) is 8.81. The monoisotopic (exact) mass is 280 g/mol. The Morgan fingerprint density at radius 2 is 1.48 bits per heavy atom. The van der Waals surface area contributed by atoms with Gasteiger partial charge in [0.2, 0.25) is 0 Å². The Hall–Kier alpha value is -1.30. The molecule has 0 aliphatic heterocycles. The molecular weight excluding hydrogens is 252 g/mol. The van der Waals surface area contributed by atoms with Gasteiger partial charge >= 0.3 is 0 Å². The van der Waals surface area contributed by atoms with Crippen LogP contribution in [0.1, 0.15) is 64.7 Å². The molecule has 112 valence electrons. The van der Waals surface area contributed by atoms with Crippen LogP contribution in [0.2, 0.25) is 0 Å². The summed E-state index contributed by atoms with van der Waals surface area (Å²) in [5.41, 5.74) is 9.97. The molecule has 0 atom stereocenters. The standard InChI is InChI=1S/C21H28/c1-20(2,3)18-8-7-14-9-16-12-19(21(4,5)6)13-17(16)10-15(14)11-18/h7-8,11,13H,9-10,12H2,1-6H3. The van der Waals surface area contributed by atoms with Crippen molar-refractivity contribution in [1.82, 2.24) is 0 Å². The van der Waals surface area contributed by atoms with Crippen molar-refractivity contribution in [3.05, 3.63) is 57.7 Å². The summed E-state index contributed by atoms with van der Waals surface area (Å²) in [6.07, 6.45) is 5.97. The van der Waals surface area contributed by atoms with E-state index in [1.807, 2.05) is 0 Å². The third-order valence-corrected chi connectivity index (χ3v) is 5.03. The third-order valence-electron chi connectivity index (χ3n) is 5.03. The first-order valence-electron chi connectivity index (χ1n) is 8.19. The minimum Gasteiger partial charge on any atom is -0.0605 e. The molecule has 3 rings (SSSR count). The maximum Gasteiger partial charge on any atom is -0.00230 e. The highest BCUT2D eigenvalue weighted by molar-refractivity contribution is 5.52. The van der Waals surface area contributed by atoms with Crippen LogP contribution < -0.4 is 0 Å². The van der Waals surface area contributed by atoms with E-state index in [-0.39, 0.29) is 5.41 Å². The molecule has 0 amide bonds. The summed E-state index contributed by atoms with van der Waals surface area (Å²) in [4.78, 5) is 0. The normalized spacial score (nSPS) is 18.5. The summed E-state index contributed by atoms with van der Waals surface area (Å²) in [7, 11) is 0. The largest absolute Gasteiger partial charge is 0.0605 e. The van der Waals surface area contributed by atoms with Crippen LogP contribution in [0, 0.1) is 5.41 Å². The molecule has 1 aromatic rings. The van der Waals surface area contributed by atoms with Gasteiger partial charge < -0.3 is 0 Å². The van der Waals surface area contributed by atoms with Crippen LogP contribution in [-0.2, 0) is 18.3 Å². The Kier molecular flexibility index (Phi) is 3.20. The highest BCUT2D eigenvalue weighted by Gasteiger charge is 2.28. The van der Waals surface area contributed by atoms with Gasteiger partial charge in [-0.15, -0.1) is 0 Å². The maximum atomic E-state index is 2.49. The van der Waals surface area contributed by atoms with Crippen molar-refractivity contribution in [2.75, 3.05) is 0 Å². The minimum absolute atomic E-state index is 0.242. The predicted molar refractivity (Wildman–Crippen MR) is 91.7 cm³/mol. The minimum atomic E-state index is 0.242. The number of hydrogen-bond donors (Lipinski definition) is 0. The van der Waals surface area contributed by atoms with E-state index in [0.29, 0.717) is 5.41 Å². The van der Waals surface area contributed by atoms with Crippen LogP contribution in [-0.4, -0.2) is 0 Å². The summed E-state index contributed by atoms with van der Waals surface area (Å²) in [5.74, 6) is 0. The summed E-state index contributed by atoms with van der Waals surface area (Å²) in [6, 6.07) is 7.15. The maximum absolute atomic E-state index is 2.49. The SMILES string of the molecule is CC(C)(C)C1=CC2=C(C1)Cc1ccc(C(C)(C)C)cc1C2. The predicted octanol–water partition coefficient (Wildman–Crippen LogP) is 5.76. The van der Waals surface area contributed by atoms with Crippen LogP contribution in [0.4, 0.5) is 0 Å². The number of rotatable bonds is 0. The van der Waals surface area contributed by atoms with Gasteiger partial charge in [0.15, 0.2) is 0 Å². The lowest BCUT2D eigenvalue weighted by atomic mass is 9.80. The Balaban J connectivity index is 1.91. The Labute approximate surface area is 130 Å². The smallest absolute Gasteiger partial charge is 0.00230 e. The summed E-state index contributed by atoms with van der Waals surface area (Å²) in [6.45, 7) is 13.9. The van der Waals surface area contributed by atoms with Crippen LogP contribution >= 0.6 is 0 Å². The van der Waals surface area contributed by atoms with Crippen LogP contribution in [0.5, 0.6) is 0 Å². The van der Waals surface area contributed by atoms with Crippen molar-refractivity contribution in [3.63, 3.8) is 0 Å². The highest BCUT2D eigenvalue weighted by Crippen LogP contribution is 2.42. The third kappa shape index (κ3) is 2.73. The van der Waals surface area contributed by atoms with Crippen molar-refractivity contribution in [1.29, 1.82) is 0 Å². The lowest BCUT2D eigenvalue weighted by Gasteiger charge is -2.24. The van der Waals surface area contributed by atoms with Gasteiger partial charge in [-0.1, -0.05) is 77.0 Å². The molecule has 21 heavy (non-hydrogen) atoms. The molecule has 0 heteroatoms. The average Bonchev–Trinajstić information content (AvgIpc) is 2.76. The molecular formula is C21H28. The summed E-state index contributed by atoms with van der Waals surface area (Å²) < 4.78 is 0. The van der Waals surface area contributed by atoms with Gasteiger partial charge in [-0.25, -0.2) is 0 Å². The van der Waals surface area contributed by atoms with Crippen molar-refractivity contribution < 1.29 is 0 Å². The summed E-state index contributed by atoms with van der Waals surface area (Å²) >= 11 is 0. The van der Waals surface area contributed by atoms with Crippen molar-refractivity contribution >= 4 is 0 Å². The van der Waals surface area contributed by atoms with Crippen LogP contribution in [0.25, 0.3) is 0 Å². The molecule has 0 unspecified atom stereocenters. The molecule has 0 aromatic heterocycles. The first kappa shape index (κ1) is 14.6. The number of benzene rings is 1. The zero-order valence-corrected chi connectivity index (χ0v) is 14.4. The van der Waals surface area contributed by atoms with E-state index in [2.05, 4.69) is 65.8 Å². The molecule has 1 aromatic carbocycles. The molecule has 0 N–H and O–H groups in total. The Morgan fingerprint density at radius 1 is 0.762 bits per heavy atom. The molecule has 0 spiro atoms. The van der Waals surface area contributed by atoms with E-state index in [1.54, 1.807) is 27.8 Å². The Morgan fingerprint density at radius 3 is 2.10 bits per heavy atom. The zero-order valence-electron chi connectivity index (χ0n) is 14.4. The fraction of sp³-hybridized carbons (Fsp3) is 0.524. The van der Waals surface area contributed by atoms with Crippen molar-refractivity contribution in [2.24, 2.45) is 5.41 Å². The van der Waals surface area contributed by atoms with E-state index in [0.717, 1.165) is 12.8 Å². The van der Waals surface area contributed by atoms with Crippen molar-refractivity contribution in [3.8, 4) is 0 Å². The highest BCUT2D eigenvalue weighted by atomic mass is 14.3. The van der Waals surface area contributed by atoms with E-state index in [4.69, 9.17) is 0 Å². The lowest BCUT2D eigenvalue weighted by Crippen LogP contribution is -2.14. The molecule has 2 aliphatic carbocycles. The molecule has 0 fully saturated rings. The van der Waals surface area contributed by atoms with Gasteiger partial charge in [0.05, 0.1) is 0 Å². The molecule has 0 saturated heterocycles. The number of fused-ring (bicyclic) bond motifs is 1. The topological polar surface area (TPSA) is 0 Å². The van der Waals surface area contributed by atoms with E-state index in [9.17, 15) is 0 Å². The Bertz CT molecular complexity index is 640. The van der Waals surface area contributed by atoms with Crippen LogP contribution in [0.15, 0.2) is 41.0 Å². The molecule has 0 bridgehead atoms. The molecule has 0 heterocycles. The fourth-order valence-corrected chi connectivity index (χ4v) is 3.41. The number of allylic oxidation sites excluding steroid dienone is 4. The van der Waals surface area contributed by atoms with Gasteiger partial charge in [0, 0.05) is 0 Å². The van der Waals surface area contributed by atoms with Gasteiger partial charge in [-0.2, -0.15) is 0 Å². The van der Waals surface area contributed by atoms with E-state index >= 15 is 0 Å². The molecule has 0 saturated carbocycles. The van der Waals surface area contributed by atoms with E-state index < -0.39 is 0 Å². The van der Waals surface area contributed by atoms with E-state index in [1.165, 1.54) is 12.0 Å². The summed E-state index contributed by atoms with van der Waals surface area (Å²) in [5, 5.41) is 0. The second-order valence-corrected chi connectivity index (χ2v) is 8.81. The molecule has 0 radical (unpaired) electrons. The van der Waals surface area contributed by atoms with Gasteiger partial charge in [-0.3, -0.25) is 0 Å². The molecule has 0 nitrogen and oxygen atoms in total. The quantitative estimate of drug-likeness (QED) is 0.567. The number of hydrogen-bond acceptors (Lipinski definition) is 0. The zero-order chi connectivity index (χ0) is 15.4. The van der Waals surface area contributed by atoms with Crippen LogP contribution in [0.3, 0.4) is 0 Å². The fourth-order valence-electron chi connectivity index (χ4n) is 3.41. The van der Waals surface area contributed by atoms with Crippen molar-refractivity contribution in [2.45, 2.75) is 66.2 Å². The second kappa shape index (κ2) is 4.60. The van der Waals surface area contributed by atoms with Gasteiger partial charge in [0.1, 0.15) is 0 Å². The van der Waals surface area contributed by atoms with Gasteiger partial charge in [-0.05, 0) is 52.4 Å². The lowest BCUT2D eigenvalue weighted by molar-refractivity contribution is 0.493. The average molecular weight is 280 g/mol. The first-order chi connectivity index (χ1) is 9.64.